The van der Waals surface area contributed by atoms with Crippen LogP contribution in [-0.4, -0.2) is 94.7 Å². The van der Waals surface area contributed by atoms with Crippen LogP contribution in [0.5, 0.6) is 0 Å². The molecule has 264 valence electrons. The number of anilines is 1. The number of nitrogens with zero attached hydrogens (tertiary/aromatic N) is 5. The molecule has 16 nitrogen and oxygen atoms in total. The molecule has 17 heteroatoms. The van der Waals surface area contributed by atoms with Crippen LogP contribution >= 0.6 is 11.8 Å². The quantitative estimate of drug-likeness (QED) is 0.323. The van der Waals surface area contributed by atoms with Crippen LogP contribution in [0.2, 0.25) is 0 Å². The number of ether oxygens (including phenoxy) is 6. The Labute approximate surface area is 285 Å². The number of hydrogen-bond donors (Lipinski definition) is 3. The second-order valence-electron chi connectivity index (χ2n) is 13.9. The molecule has 2 aliphatic carbocycles. The fraction of sp³-hybridized carbons (Fsp3) is 0.719. The molecule has 0 radical (unpaired) electrons. The lowest BCUT2D eigenvalue weighted by molar-refractivity contribution is -0.232. The van der Waals surface area contributed by atoms with Gasteiger partial charge < -0.3 is 39.3 Å². The second-order valence-corrected chi connectivity index (χ2v) is 15.0. The molecule has 3 aromatic rings. The largest absolute Gasteiger partial charge is 0.394 e. The van der Waals surface area contributed by atoms with Crippen molar-refractivity contribution in [1.82, 2.24) is 29.1 Å². The highest BCUT2D eigenvalue weighted by Crippen LogP contribution is 2.51. The van der Waals surface area contributed by atoms with Crippen molar-refractivity contribution in [3.05, 3.63) is 45.3 Å². The second kappa shape index (κ2) is 12.4. The van der Waals surface area contributed by atoms with Crippen molar-refractivity contribution in [1.29, 1.82) is 0 Å². The molecule has 6 fully saturated rings. The van der Waals surface area contributed by atoms with Crippen molar-refractivity contribution in [2.75, 3.05) is 18.1 Å². The number of H-pyrrole nitrogens is 1. The third-order valence-corrected chi connectivity index (χ3v) is 11.9. The first-order chi connectivity index (χ1) is 23.9. The molecule has 9 rings (SSSR count). The Kier molecular flexibility index (Phi) is 8.11. The highest BCUT2D eigenvalue weighted by atomic mass is 32.2. The minimum Gasteiger partial charge on any atom is -0.394 e. The van der Waals surface area contributed by atoms with Gasteiger partial charge in [-0.15, -0.1) is 0 Å². The van der Waals surface area contributed by atoms with Crippen LogP contribution < -0.4 is 17.0 Å². The summed E-state index contributed by atoms with van der Waals surface area (Å²) in [6.45, 7) is -0.213. The lowest BCUT2D eigenvalue weighted by atomic mass is 9.94. The zero-order valence-electron chi connectivity index (χ0n) is 27.0. The van der Waals surface area contributed by atoms with Crippen LogP contribution in [0, 0.1) is 0 Å². The van der Waals surface area contributed by atoms with Crippen molar-refractivity contribution >= 4 is 28.7 Å². The molecule has 0 amide bonds. The zero-order chi connectivity index (χ0) is 33.3. The van der Waals surface area contributed by atoms with Gasteiger partial charge in [-0.25, -0.2) is 19.7 Å². The fourth-order valence-corrected chi connectivity index (χ4v) is 9.60. The molecule has 0 bridgehead atoms. The van der Waals surface area contributed by atoms with Crippen molar-refractivity contribution in [3.63, 3.8) is 0 Å². The topological polar surface area (TPSA) is 200 Å². The number of rotatable bonds is 7. The number of fused-ring (bicyclic) bond motifs is 3. The average Bonchev–Trinajstić information content (AvgIpc) is 3.88. The van der Waals surface area contributed by atoms with Crippen LogP contribution in [0.25, 0.3) is 11.2 Å². The molecule has 2 saturated carbocycles. The molecular formula is C32H41N7O9S. The molecule has 0 unspecified atom stereocenters. The molecule has 6 aliphatic rings. The smallest absolute Gasteiger partial charge is 0.330 e. The van der Waals surface area contributed by atoms with Gasteiger partial charge in [0.25, 0.3) is 5.56 Å². The first-order valence-corrected chi connectivity index (χ1v) is 18.5. The molecule has 3 aromatic heterocycles. The number of nitrogen functional groups attached to an aromatic ring is 1. The minimum absolute atomic E-state index is 0.213. The summed E-state index contributed by atoms with van der Waals surface area (Å²) in [4.78, 5) is 40.6. The van der Waals surface area contributed by atoms with E-state index in [2.05, 4.69) is 15.0 Å². The molecule has 8 atom stereocenters. The molecule has 4 N–H and O–H groups in total. The summed E-state index contributed by atoms with van der Waals surface area (Å²) >= 11 is 1.58. The van der Waals surface area contributed by atoms with Crippen molar-refractivity contribution < 1.29 is 33.5 Å². The van der Waals surface area contributed by atoms with Crippen LogP contribution in [0.4, 0.5) is 5.82 Å². The lowest BCUT2D eigenvalue weighted by Crippen LogP contribution is -2.39. The van der Waals surface area contributed by atoms with Gasteiger partial charge in [-0.05, 0) is 25.7 Å². The van der Waals surface area contributed by atoms with E-state index in [0.717, 1.165) is 64.2 Å². The summed E-state index contributed by atoms with van der Waals surface area (Å²) in [7, 11) is 0. The van der Waals surface area contributed by atoms with Crippen molar-refractivity contribution in [2.45, 2.75) is 131 Å². The van der Waals surface area contributed by atoms with E-state index >= 15 is 0 Å². The Morgan fingerprint density at radius 3 is 2.18 bits per heavy atom. The Morgan fingerprint density at radius 1 is 0.878 bits per heavy atom. The number of aromatic nitrogens is 6. The number of hydrogen-bond acceptors (Lipinski definition) is 14. The fourth-order valence-electron chi connectivity index (χ4n) is 8.60. The van der Waals surface area contributed by atoms with Gasteiger partial charge in [0.1, 0.15) is 42.7 Å². The molecular weight excluding hydrogens is 658 g/mol. The minimum atomic E-state index is -0.758. The van der Waals surface area contributed by atoms with Gasteiger partial charge in [0.2, 0.25) is 0 Å². The summed E-state index contributed by atoms with van der Waals surface area (Å²) in [5, 5.41) is 10.3. The number of aromatic amines is 1. The summed E-state index contributed by atoms with van der Waals surface area (Å²) in [5.74, 6) is 0.447. The SMILES string of the molecule is Nc1ncnc2c1nc(CSC[C@H]1O[C@@H](n3ccc(=O)[nH]c3=O)[C@@H]3OC4(CCCCC4)O[C@@H]31)n2[C@@H]1O[C@H](CO)[C@H]2OC3(CCCCC3)O[C@H]21. The van der Waals surface area contributed by atoms with Crippen molar-refractivity contribution in [2.24, 2.45) is 0 Å². The van der Waals surface area contributed by atoms with Crippen LogP contribution in [0.3, 0.4) is 0 Å². The van der Waals surface area contributed by atoms with Crippen molar-refractivity contribution in [3.8, 4) is 0 Å². The number of imidazole rings is 1. The van der Waals surface area contributed by atoms with Crippen LogP contribution in [0.15, 0.2) is 28.2 Å². The Bertz CT molecular complexity index is 1820. The van der Waals surface area contributed by atoms with E-state index in [-0.39, 0.29) is 12.4 Å². The van der Waals surface area contributed by atoms with Gasteiger partial charge in [0.15, 0.2) is 41.0 Å². The first-order valence-electron chi connectivity index (χ1n) is 17.4. The van der Waals surface area contributed by atoms with E-state index in [9.17, 15) is 14.7 Å². The van der Waals surface area contributed by atoms with Gasteiger partial charge >= 0.3 is 5.69 Å². The maximum Gasteiger partial charge on any atom is 0.330 e. The van der Waals surface area contributed by atoms with E-state index in [0.29, 0.717) is 28.5 Å². The lowest BCUT2D eigenvalue weighted by Gasteiger charge is -2.34. The normalized spacial score (nSPS) is 34.6. The van der Waals surface area contributed by atoms with E-state index in [1.807, 2.05) is 4.57 Å². The summed E-state index contributed by atoms with van der Waals surface area (Å²) in [6.07, 6.45) is 8.11. The van der Waals surface area contributed by atoms with Crippen LogP contribution in [0.1, 0.15) is 82.5 Å². The maximum atomic E-state index is 12.8. The Morgan fingerprint density at radius 2 is 1.51 bits per heavy atom. The van der Waals surface area contributed by atoms with E-state index < -0.39 is 71.9 Å². The van der Waals surface area contributed by atoms with Gasteiger partial charge in [0, 0.05) is 43.7 Å². The van der Waals surface area contributed by atoms with Gasteiger partial charge in [-0.1, -0.05) is 12.8 Å². The standard InChI is InChI=1S/C32H41N7O9S/c33-26-21-27(35-16-34-26)39(29-25-22(17(13-40)43-29)45-31(48-25)8-3-1-4-9-31)19(36-21)15-49-14-18-23-24(47-32(46-23)10-5-2-6-11-32)28(44-18)38-12-7-20(41)37-30(38)42/h7,12,16-18,22-25,28-29,40H,1-6,8-11,13-15H2,(H2,33,34,35)(H,37,41,42)/t17-,18-,22-,23-,24-,25-,28-,29-/m1/s1. The number of thioether (sulfide) groups is 1. The third-order valence-electron chi connectivity index (χ3n) is 10.9. The average molecular weight is 700 g/mol. The third kappa shape index (κ3) is 5.44. The van der Waals surface area contributed by atoms with E-state index in [4.69, 9.17) is 39.1 Å². The zero-order valence-corrected chi connectivity index (χ0v) is 27.8. The number of nitrogens with two attached hydrogens (primary N) is 1. The van der Waals surface area contributed by atoms with Crippen LogP contribution in [-0.2, 0) is 34.2 Å². The summed E-state index contributed by atoms with van der Waals surface area (Å²) in [5.41, 5.74) is 6.22. The molecule has 0 aromatic carbocycles. The maximum absolute atomic E-state index is 12.8. The molecule has 4 saturated heterocycles. The number of aliphatic hydroxyl groups is 1. The molecule has 4 aliphatic heterocycles. The highest BCUT2D eigenvalue weighted by Gasteiger charge is 2.60. The van der Waals surface area contributed by atoms with Gasteiger partial charge in [-0.3, -0.25) is 18.9 Å². The summed E-state index contributed by atoms with van der Waals surface area (Å²) in [6, 6.07) is 1.30. The highest BCUT2D eigenvalue weighted by molar-refractivity contribution is 7.98. The predicted molar refractivity (Wildman–Crippen MR) is 173 cm³/mol. The Balaban J connectivity index is 0.989. The first kappa shape index (κ1) is 32.0. The molecule has 2 spiro atoms. The van der Waals surface area contributed by atoms with Gasteiger partial charge in [-0.2, -0.15) is 11.8 Å². The molecule has 49 heavy (non-hydrogen) atoms. The Hall–Kier alpha value is -2.90. The predicted octanol–water partition coefficient (Wildman–Crippen LogP) is 1.87. The number of aliphatic hydroxyl groups excluding tert-OH is 1. The summed E-state index contributed by atoms with van der Waals surface area (Å²) < 4.78 is 42.7. The van der Waals surface area contributed by atoms with E-state index in [1.165, 1.54) is 23.2 Å². The van der Waals surface area contributed by atoms with E-state index in [1.54, 1.807) is 11.8 Å². The molecule has 7 heterocycles. The number of nitrogens with one attached hydrogen (secondary N) is 1. The monoisotopic (exact) mass is 699 g/mol. The van der Waals surface area contributed by atoms with Gasteiger partial charge in [0.05, 0.1) is 18.5 Å².